The second-order valence-electron chi connectivity index (χ2n) is 27.5. The van der Waals surface area contributed by atoms with Crippen LogP contribution in [0.25, 0.3) is 79.3 Å². The molecule has 0 bridgehead atoms. The van der Waals surface area contributed by atoms with Crippen LogP contribution in [0.3, 0.4) is 0 Å². The van der Waals surface area contributed by atoms with Gasteiger partial charge in [-0.15, -0.1) is 0 Å². The minimum atomic E-state index is -2.81. The molecule has 0 unspecified atom stereocenters. The van der Waals surface area contributed by atoms with Gasteiger partial charge >= 0.3 is 0 Å². The summed E-state index contributed by atoms with van der Waals surface area (Å²) in [6.07, 6.45) is 8.92. The van der Waals surface area contributed by atoms with Crippen LogP contribution in [-0.2, 0) is 0 Å². The molecule has 0 aliphatic carbocycles. The normalized spacial score (nSPS) is 10.7. The van der Waals surface area contributed by atoms with Crippen molar-refractivity contribution in [3.63, 3.8) is 0 Å². The molecule has 2 aliphatic rings. The van der Waals surface area contributed by atoms with Crippen molar-refractivity contribution in [3.8, 4) is 11.4 Å². The zero-order chi connectivity index (χ0) is 94.4. The lowest BCUT2D eigenvalue weighted by Crippen LogP contribution is -2.74. The Labute approximate surface area is 785 Å². The minimum absolute atomic E-state index is 1.14. The molecule has 18 aromatic rings. The lowest BCUT2D eigenvalue weighted by Gasteiger charge is -2.35. The van der Waals surface area contributed by atoms with Gasteiger partial charge < -0.3 is 18.9 Å². The Kier molecular flexibility index (Phi) is 43.7. The van der Waals surface area contributed by atoms with E-state index in [0.717, 1.165) is 11.4 Å². The van der Waals surface area contributed by atoms with E-state index in [2.05, 4.69) is 456 Å². The van der Waals surface area contributed by atoms with Crippen molar-refractivity contribution in [2.75, 3.05) is 9.80 Å². The average molecular weight is 1750 g/mol. The van der Waals surface area contributed by atoms with Crippen LogP contribution in [0.2, 0.25) is 0 Å². The third-order valence-corrected chi connectivity index (χ3v) is 31.4. The summed E-state index contributed by atoms with van der Waals surface area (Å²) in [7, 11) is -5.56. The lowest BCUT2D eigenvalue weighted by atomic mass is 10.1. The molecule has 0 fully saturated rings. The summed E-state index contributed by atoms with van der Waals surface area (Å²) in [5.74, 6) is 0. The zero-order valence-electron chi connectivity index (χ0n) is 82.4. The van der Waals surface area contributed by atoms with Gasteiger partial charge in [0, 0.05) is 44.3 Å². The highest BCUT2D eigenvalue weighted by Gasteiger charge is 2.43. The highest BCUT2D eigenvalue weighted by atomic mass is 28.3. The molecule has 130 heavy (non-hydrogen) atoms. The van der Waals surface area contributed by atoms with Crippen molar-refractivity contribution in [2.45, 2.75) is 166 Å². The fourth-order valence-corrected chi connectivity index (χ4v) is 26.5. The Morgan fingerprint density at radius 2 is 0.292 bits per heavy atom. The van der Waals surface area contributed by atoms with Gasteiger partial charge in [0.05, 0.1) is 44.8 Å². The van der Waals surface area contributed by atoms with Crippen LogP contribution in [-0.4, -0.2) is 25.3 Å². The van der Waals surface area contributed by atoms with Gasteiger partial charge in [-0.3, -0.25) is 0 Å². The van der Waals surface area contributed by atoms with E-state index in [1.54, 1.807) is 0 Å². The molecule has 16 aromatic carbocycles. The van der Waals surface area contributed by atoms with E-state index >= 15 is 0 Å². The maximum Gasteiger partial charge on any atom is 0.179 e. The SMILES string of the molecule is C1=Cc2ccccc2N(c2ccc([Si](c3ccccc3)(c3ccccc3)c3ccc(N4c5ccccc5C=Cc5ccccc54)cc3)cc2)c2ccccc21.CC.CC.CC.CC.CC.CC.CC.CC.CC.CC.CC.CC.c1ccc([Si](c2ccccc2)(c2ccc(-n3c4ccccc4c4ccccc43)cc2)c2ccc(-n3c4ccccc4c4ccccc43)cc2)cc1. The molecule has 6 heteroatoms. The molecule has 0 N–H and O–H groups in total. The maximum absolute atomic E-state index is 2.81. The number of hydrogen-bond donors (Lipinski definition) is 0. The third-order valence-electron chi connectivity index (χ3n) is 21.8. The number of anilines is 6. The minimum Gasteiger partial charge on any atom is -0.309 e. The van der Waals surface area contributed by atoms with Crippen molar-refractivity contribution >= 4 is 160 Å². The highest BCUT2D eigenvalue weighted by molar-refractivity contribution is 7.20. The first-order valence-electron chi connectivity index (χ1n) is 48.6. The molecule has 0 saturated carbocycles. The van der Waals surface area contributed by atoms with Crippen LogP contribution in [0.1, 0.15) is 188 Å². The van der Waals surface area contributed by atoms with Crippen LogP contribution in [0.15, 0.2) is 413 Å². The molecule has 0 radical (unpaired) electrons. The van der Waals surface area contributed by atoms with Crippen molar-refractivity contribution in [2.24, 2.45) is 0 Å². The molecule has 2 aliphatic heterocycles. The summed E-state index contributed by atoms with van der Waals surface area (Å²) < 4.78 is 4.81. The van der Waals surface area contributed by atoms with Gasteiger partial charge in [-0.05, 0) is 161 Å². The second-order valence-corrected chi connectivity index (χ2v) is 35.1. The molecule has 0 saturated heterocycles. The van der Waals surface area contributed by atoms with Crippen molar-refractivity contribution < 1.29 is 0 Å². The predicted octanol–water partition coefficient (Wildman–Crippen LogP) is 32.5. The topological polar surface area (TPSA) is 16.3 Å². The molecule has 4 nitrogen and oxygen atoms in total. The first-order valence-corrected chi connectivity index (χ1v) is 52.6. The molecule has 0 amide bonds. The number of aromatic nitrogens is 2. The maximum atomic E-state index is 2.41. The average Bonchev–Trinajstić information content (AvgIpc) is 1.31. The summed E-state index contributed by atoms with van der Waals surface area (Å²) in [6, 6.07) is 152. The molecule has 4 heterocycles. The number of nitrogens with zero attached hydrogens (tertiary/aromatic N) is 4. The van der Waals surface area contributed by atoms with Crippen LogP contribution >= 0.6 is 0 Å². The number of rotatable bonds is 12. The fraction of sp³-hybridized carbons (Fsp3) is 0.194. The van der Waals surface area contributed by atoms with Gasteiger partial charge in [0.15, 0.2) is 16.1 Å². The molecular formula is C124H144N4Si2. The quantitative estimate of drug-likeness (QED) is 0.0895. The van der Waals surface area contributed by atoms with Crippen LogP contribution in [0, 0.1) is 0 Å². The van der Waals surface area contributed by atoms with Gasteiger partial charge in [-0.25, -0.2) is 0 Å². The van der Waals surface area contributed by atoms with Gasteiger partial charge in [-0.2, -0.15) is 0 Å². The van der Waals surface area contributed by atoms with E-state index in [1.165, 1.54) is 141 Å². The van der Waals surface area contributed by atoms with E-state index in [1.807, 2.05) is 166 Å². The number of benzene rings is 16. The van der Waals surface area contributed by atoms with E-state index in [-0.39, 0.29) is 0 Å². The van der Waals surface area contributed by atoms with Crippen LogP contribution in [0.4, 0.5) is 34.1 Å². The lowest BCUT2D eigenvalue weighted by molar-refractivity contribution is 1.18. The van der Waals surface area contributed by atoms with Crippen molar-refractivity contribution in [1.29, 1.82) is 0 Å². The van der Waals surface area contributed by atoms with Gasteiger partial charge in [0.1, 0.15) is 0 Å². The summed E-state index contributed by atoms with van der Waals surface area (Å²) in [6.45, 7) is 48.0. The first-order chi connectivity index (χ1) is 64.6. The summed E-state index contributed by atoms with van der Waals surface area (Å²) >= 11 is 0. The first kappa shape index (κ1) is 104. The van der Waals surface area contributed by atoms with E-state index < -0.39 is 16.1 Å². The largest absolute Gasteiger partial charge is 0.309 e. The van der Waals surface area contributed by atoms with Gasteiger partial charge in [0.2, 0.25) is 0 Å². The molecule has 20 rings (SSSR count). The number of fused-ring (bicyclic) bond motifs is 10. The Balaban J connectivity index is 0.000000290. The summed E-state index contributed by atoms with van der Waals surface area (Å²) in [4.78, 5) is 4.81. The van der Waals surface area contributed by atoms with E-state index in [9.17, 15) is 0 Å². The molecule has 668 valence electrons. The third kappa shape index (κ3) is 21.8. The monoisotopic (exact) mass is 1750 g/mol. The molecule has 0 atom stereocenters. The van der Waals surface area contributed by atoms with E-state index in [4.69, 9.17) is 0 Å². The summed E-state index contributed by atoms with van der Waals surface area (Å²) in [5, 5.41) is 15.9. The molecule has 0 spiro atoms. The number of para-hydroxylation sites is 8. The summed E-state index contributed by atoms with van der Waals surface area (Å²) in [5.41, 5.74) is 19.0. The van der Waals surface area contributed by atoms with Crippen molar-refractivity contribution in [3.05, 3.63) is 435 Å². The van der Waals surface area contributed by atoms with Crippen LogP contribution < -0.4 is 51.3 Å². The molecule has 2 aromatic heterocycles. The predicted molar refractivity (Wildman–Crippen MR) is 592 cm³/mol. The Morgan fingerprint density at radius 1 is 0.138 bits per heavy atom. The van der Waals surface area contributed by atoms with Crippen molar-refractivity contribution in [1.82, 2.24) is 9.13 Å². The fourth-order valence-electron chi connectivity index (χ4n) is 17.1. The smallest absolute Gasteiger partial charge is 0.179 e. The van der Waals surface area contributed by atoms with Gasteiger partial charge in [0.25, 0.3) is 0 Å². The highest BCUT2D eigenvalue weighted by Crippen LogP contribution is 2.44. The van der Waals surface area contributed by atoms with Gasteiger partial charge in [-0.1, -0.05) is 506 Å². The Hall–Kier alpha value is -13.4. The zero-order valence-corrected chi connectivity index (χ0v) is 84.4. The Morgan fingerprint density at radius 3 is 0.492 bits per heavy atom. The van der Waals surface area contributed by atoms with E-state index in [0.29, 0.717) is 0 Å². The second kappa shape index (κ2) is 54.7. The standard InChI is InChI=1S/C52H38N2Si.C48H34N2Si.12C2H6/c1-3-19-45(20-4-1)55(46-21-5-2-6-22-46,47-35-31-43(32-36-47)53-49-23-11-7-15-39(49)27-28-40-16-8-12-24-50(40)53)48-37-33-44(34-38-48)54-51-25-13-9-17-41(51)29-30-42-18-10-14-26-52(42)54;1-3-15-37(16-4-1)51(38-17-5-2-6-18-38,39-31-27-35(28-32-39)49-45-23-11-7-19-41(45)42-20-8-12-24-46(42)49)40-33-29-36(30-34-40)50-47-25-13-9-21-43(47)44-22-10-14-26-48(44)50;12*1-2/h1-38H;1-34H;12*1-2H3. The number of hydrogen-bond acceptors (Lipinski definition) is 2. The van der Waals surface area contributed by atoms with Crippen LogP contribution in [0.5, 0.6) is 0 Å². The Bertz CT molecular complexity index is 5710. The molecular weight excluding hydrogens is 1600 g/mol.